The van der Waals surface area contributed by atoms with Crippen LogP contribution in [-0.2, 0) is 28.6 Å². The van der Waals surface area contributed by atoms with Gasteiger partial charge in [0.1, 0.15) is 0 Å². The van der Waals surface area contributed by atoms with Crippen molar-refractivity contribution in [2.45, 2.75) is 33.3 Å². The molecule has 0 aromatic carbocycles. The highest BCUT2D eigenvalue weighted by atomic mass is 16.6. The van der Waals surface area contributed by atoms with Gasteiger partial charge in [-0.15, -0.1) is 0 Å². The van der Waals surface area contributed by atoms with Crippen molar-refractivity contribution in [2.24, 2.45) is 11.8 Å². The van der Waals surface area contributed by atoms with Crippen LogP contribution in [0, 0.1) is 35.5 Å². The van der Waals surface area contributed by atoms with Gasteiger partial charge in [-0.05, 0) is 11.8 Å². The molecule has 0 fully saturated rings. The van der Waals surface area contributed by atoms with Gasteiger partial charge in [-0.3, -0.25) is 4.79 Å². The van der Waals surface area contributed by atoms with Gasteiger partial charge in [0.25, 0.3) is 0 Å². The zero-order valence-corrected chi connectivity index (χ0v) is 13.6. The molecule has 0 aromatic heterocycles. The second-order valence-electron chi connectivity index (χ2n) is 4.95. The van der Waals surface area contributed by atoms with Crippen LogP contribution in [0.15, 0.2) is 0 Å². The van der Waals surface area contributed by atoms with E-state index in [-0.39, 0.29) is 0 Å². The summed E-state index contributed by atoms with van der Waals surface area (Å²) in [6.45, 7) is 6.70. The van der Waals surface area contributed by atoms with Gasteiger partial charge in [0.15, 0.2) is 0 Å². The number of hydrogen-bond donors (Lipinski definition) is 0. The predicted molar refractivity (Wildman–Crippen MR) is 78.1 cm³/mol. The first-order valence-electron chi connectivity index (χ1n) is 6.63. The third-order valence-electron chi connectivity index (χ3n) is 2.62. The molecular weight excluding hydrogens is 288 g/mol. The normalized spacial score (nSPS) is 10.0. The molecule has 0 saturated heterocycles. The molecule has 0 aromatic rings. The van der Waals surface area contributed by atoms with Crippen molar-refractivity contribution >= 4 is 17.9 Å². The Kier molecular flexibility index (Phi) is 7.76. The minimum atomic E-state index is -1.61. The van der Waals surface area contributed by atoms with E-state index >= 15 is 0 Å². The lowest BCUT2D eigenvalue weighted by Gasteiger charge is -2.27. The number of methoxy groups -OCH3 is 2. The number of carbonyl (C=O) groups is 3. The molecule has 0 saturated carbocycles. The van der Waals surface area contributed by atoms with Crippen molar-refractivity contribution in [1.29, 1.82) is 0 Å². The van der Waals surface area contributed by atoms with Crippen LogP contribution < -0.4 is 0 Å². The molecule has 0 radical (unpaired) electrons. The summed E-state index contributed by atoms with van der Waals surface area (Å²) in [5.74, 6) is 6.43. The largest absolute Gasteiger partial charge is 0.459 e. The highest BCUT2D eigenvalue weighted by molar-refractivity contribution is 5.90. The van der Waals surface area contributed by atoms with Gasteiger partial charge in [0, 0.05) is 17.8 Å². The van der Waals surface area contributed by atoms with Gasteiger partial charge in [0.2, 0.25) is 5.60 Å². The van der Waals surface area contributed by atoms with Gasteiger partial charge in [-0.2, -0.15) is 0 Å². The van der Waals surface area contributed by atoms with Crippen LogP contribution >= 0.6 is 0 Å². The number of hydrogen-bond acceptors (Lipinski definition) is 6. The first kappa shape index (κ1) is 19.5. The molecule has 6 heteroatoms. The number of carbonyl (C=O) groups excluding carboxylic acids is 3. The van der Waals surface area contributed by atoms with E-state index in [1.807, 2.05) is 0 Å². The summed E-state index contributed by atoms with van der Waals surface area (Å²) in [4.78, 5) is 34.3. The maximum Gasteiger partial charge on any atom is 0.384 e. The third kappa shape index (κ3) is 5.88. The van der Waals surface area contributed by atoms with Crippen LogP contribution in [0.1, 0.15) is 27.7 Å². The molecule has 0 bridgehead atoms. The van der Waals surface area contributed by atoms with Crippen molar-refractivity contribution in [3.63, 3.8) is 0 Å². The van der Waals surface area contributed by atoms with Crippen LogP contribution in [0.2, 0.25) is 0 Å². The summed E-state index contributed by atoms with van der Waals surface area (Å²) in [5.41, 5.74) is -1.61. The first-order chi connectivity index (χ1) is 10.2. The lowest BCUT2D eigenvalue weighted by Crippen LogP contribution is -2.39. The van der Waals surface area contributed by atoms with E-state index in [4.69, 9.17) is 4.74 Å². The van der Waals surface area contributed by atoms with E-state index in [1.165, 1.54) is 14.2 Å². The minimum Gasteiger partial charge on any atom is -0.459 e. The van der Waals surface area contributed by atoms with Crippen molar-refractivity contribution in [2.75, 3.05) is 14.2 Å². The predicted octanol–water partition coefficient (Wildman–Crippen LogP) is 0.933. The average molecular weight is 308 g/mol. The van der Waals surface area contributed by atoms with Crippen molar-refractivity contribution in [1.82, 2.24) is 0 Å². The molecule has 22 heavy (non-hydrogen) atoms. The van der Waals surface area contributed by atoms with Crippen molar-refractivity contribution < 1.29 is 28.6 Å². The van der Waals surface area contributed by atoms with Gasteiger partial charge < -0.3 is 14.2 Å². The highest BCUT2D eigenvalue weighted by Gasteiger charge is 2.36. The minimum absolute atomic E-state index is 0.399. The smallest absolute Gasteiger partial charge is 0.384 e. The molecule has 0 unspecified atom stereocenters. The van der Waals surface area contributed by atoms with E-state index in [9.17, 15) is 14.4 Å². The van der Waals surface area contributed by atoms with Crippen LogP contribution in [0.25, 0.3) is 0 Å². The zero-order chi connectivity index (χ0) is 17.3. The van der Waals surface area contributed by atoms with Gasteiger partial charge >= 0.3 is 17.9 Å². The second-order valence-corrected chi connectivity index (χ2v) is 4.95. The SMILES string of the molecule is COC(=O)C#CC(C#CC(=O)OC)(OC(=O)C(C)C)C(C)C. The number of esters is 3. The Bertz CT molecular complexity index is 517. The summed E-state index contributed by atoms with van der Waals surface area (Å²) in [6.07, 6.45) is 0. The fourth-order valence-electron chi connectivity index (χ4n) is 1.16. The summed E-state index contributed by atoms with van der Waals surface area (Å²) < 4.78 is 14.2. The van der Waals surface area contributed by atoms with E-state index < -0.39 is 35.3 Å². The summed E-state index contributed by atoms with van der Waals surface area (Å²) in [5, 5.41) is 0. The molecule has 0 spiro atoms. The Labute approximate surface area is 130 Å². The Hall–Kier alpha value is -2.47. The van der Waals surface area contributed by atoms with Gasteiger partial charge in [-0.1, -0.05) is 27.7 Å². The topological polar surface area (TPSA) is 78.9 Å². The van der Waals surface area contributed by atoms with E-state index in [0.29, 0.717) is 0 Å². The van der Waals surface area contributed by atoms with Gasteiger partial charge in [-0.25, -0.2) is 9.59 Å². The molecule has 0 heterocycles. The van der Waals surface area contributed by atoms with Gasteiger partial charge in [0.05, 0.1) is 20.1 Å². The van der Waals surface area contributed by atoms with Crippen molar-refractivity contribution in [3.05, 3.63) is 0 Å². The van der Waals surface area contributed by atoms with E-state index in [1.54, 1.807) is 27.7 Å². The van der Waals surface area contributed by atoms with Crippen LogP contribution in [0.4, 0.5) is 0 Å². The molecule has 0 rings (SSSR count). The van der Waals surface area contributed by atoms with Crippen molar-refractivity contribution in [3.8, 4) is 23.7 Å². The molecule has 6 nitrogen and oxygen atoms in total. The molecule has 0 atom stereocenters. The Balaban J connectivity index is 5.87. The molecule has 0 amide bonds. The summed E-state index contributed by atoms with van der Waals surface area (Å²) in [6, 6.07) is 0. The second kappa shape index (κ2) is 8.74. The molecule has 0 aliphatic heterocycles. The van der Waals surface area contributed by atoms with Crippen LogP contribution in [0.3, 0.4) is 0 Å². The van der Waals surface area contributed by atoms with E-state index in [2.05, 4.69) is 33.2 Å². The standard InChI is InChI=1S/C16H20O6/c1-11(2)15(19)22-16(12(3)4,9-7-13(17)20-5)10-8-14(18)21-6/h11-12H,1-6H3. The monoisotopic (exact) mass is 308 g/mol. The fourth-order valence-corrected chi connectivity index (χ4v) is 1.16. The maximum absolute atomic E-state index is 11.9. The molecule has 0 aliphatic rings. The first-order valence-corrected chi connectivity index (χ1v) is 6.63. The zero-order valence-electron chi connectivity index (χ0n) is 13.6. The summed E-state index contributed by atoms with van der Waals surface area (Å²) >= 11 is 0. The Morgan fingerprint density at radius 1 is 0.864 bits per heavy atom. The van der Waals surface area contributed by atoms with Crippen LogP contribution in [-0.4, -0.2) is 37.7 Å². The lowest BCUT2D eigenvalue weighted by atomic mass is 9.90. The highest BCUT2D eigenvalue weighted by Crippen LogP contribution is 2.22. The lowest BCUT2D eigenvalue weighted by molar-refractivity contribution is -0.157. The number of rotatable bonds is 3. The Morgan fingerprint density at radius 3 is 1.55 bits per heavy atom. The quantitative estimate of drug-likeness (QED) is 0.334. The van der Waals surface area contributed by atoms with Crippen LogP contribution in [0.5, 0.6) is 0 Å². The fraction of sp³-hybridized carbons (Fsp3) is 0.562. The third-order valence-corrected chi connectivity index (χ3v) is 2.62. The molecule has 0 N–H and O–H groups in total. The number of ether oxygens (including phenoxy) is 3. The van der Waals surface area contributed by atoms with E-state index in [0.717, 1.165) is 0 Å². The summed E-state index contributed by atoms with van der Waals surface area (Å²) in [7, 11) is 2.35. The Morgan fingerprint density at radius 2 is 1.27 bits per heavy atom. The molecular formula is C16H20O6. The molecule has 120 valence electrons. The molecule has 0 aliphatic carbocycles. The maximum atomic E-state index is 11.9. The average Bonchev–Trinajstić information content (AvgIpc) is 2.48.